The van der Waals surface area contributed by atoms with Crippen LogP contribution in [0.25, 0.3) is 0 Å². The highest BCUT2D eigenvalue weighted by atomic mass is 16.1. The molecule has 11 heavy (non-hydrogen) atoms. The first-order valence-corrected chi connectivity index (χ1v) is 3.56. The van der Waals surface area contributed by atoms with Crippen LogP contribution in [0.15, 0.2) is 0 Å². The van der Waals surface area contributed by atoms with Crippen molar-refractivity contribution < 1.29 is 9.59 Å². The van der Waals surface area contributed by atoms with Gasteiger partial charge in [-0.2, -0.15) is 0 Å². The predicted octanol–water partition coefficient (Wildman–Crippen LogP) is 0.427. The van der Waals surface area contributed by atoms with Crippen LogP contribution >= 0.6 is 0 Å². The van der Waals surface area contributed by atoms with E-state index < -0.39 is 5.92 Å². The van der Waals surface area contributed by atoms with Gasteiger partial charge in [0.2, 0.25) is 5.91 Å². The number of aldehydes is 1. The third-order valence-electron chi connectivity index (χ3n) is 1.05. The van der Waals surface area contributed by atoms with Crippen LogP contribution in [0, 0.1) is 12.8 Å². The normalized spacial score (nSPS) is 12.7. The summed E-state index contributed by atoms with van der Waals surface area (Å²) in [6.07, 6.45) is 0.640. The fourth-order valence-corrected chi connectivity index (χ4v) is 0.643. The van der Waals surface area contributed by atoms with E-state index in [2.05, 4.69) is 5.32 Å². The Morgan fingerprint density at radius 3 is 2.55 bits per heavy atom. The third kappa shape index (κ3) is 5.58. The van der Waals surface area contributed by atoms with Gasteiger partial charge in [-0.05, 0) is 20.8 Å². The molecule has 1 atom stereocenters. The minimum Gasteiger partial charge on any atom is -0.354 e. The molecule has 0 aliphatic carbocycles. The van der Waals surface area contributed by atoms with E-state index in [0.717, 1.165) is 0 Å². The van der Waals surface area contributed by atoms with Crippen LogP contribution in [0.1, 0.15) is 20.3 Å². The second-order valence-electron chi connectivity index (χ2n) is 2.73. The molecule has 0 aromatic carbocycles. The monoisotopic (exact) mass is 155 g/mol. The fourth-order valence-electron chi connectivity index (χ4n) is 0.643. The lowest BCUT2D eigenvalue weighted by Gasteiger charge is -2.08. The number of rotatable bonds is 4. The Bertz CT molecular complexity index is 143. The Morgan fingerprint density at radius 2 is 2.18 bits per heavy atom. The number of carbonyl (C=O) groups excluding carboxylic acids is 2. The number of hydrogen-bond donors (Lipinski definition) is 1. The zero-order valence-electron chi connectivity index (χ0n) is 6.83. The van der Waals surface area contributed by atoms with Gasteiger partial charge in [-0.25, -0.2) is 0 Å². The Kier molecular flexibility index (Phi) is 4.50. The molecule has 2 radical (unpaired) electrons. The van der Waals surface area contributed by atoms with Gasteiger partial charge in [0.05, 0.1) is 0 Å². The molecule has 0 unspecified atom stereocenters. The Labute approximate surface area is 67.2 Å². The summed E-state index contributed by atoms with van der Waals surface area (Å²) in [5.74, 6) is -0.853. The molecule has 3 nitrogen and oxygen atoms in total. The molecule has 0 bridgehead atoms. The number of carbonyl (C=O) groups is 2. The lowest BCUT2D eigenvalue weighted by atomic mass is 10.1. The van der Waals surface area contributed by atoms with E-state index in [4.69, 9.17) is 6.92 Å². The molecule has 3 heteroatoms. The van der Waals surface area contributed by atoms with E-state index >= 15 is 0 Å². The van der Waals surface area contributed by atoms with Crippen molar-refractivity contribution >= 4 is 12.2 Å². The average molecular weight is 155 g/mol. The maximum atomic E-state index is 10.9. The van der Waals surface area contributed by atoms with Crippen molar-refractivity contribution in [2.45, 2.75) is 26.3 Å². The van der Waals surface area contributed by atoms with Gasteiger partial charge < -0.3 is 10.1 Å². The first-order chi connectivity index (χ1) is 5.06. The van der Waals surface area contributed by atoms with Gasteiger partial charge in [-0.15, -0.1) is 0 Å². The number of amides is 1. The topological polar surface area (TPSA) is 46.2 Å². The summed E-state index contributed by atoms with van der Waals surface area (Å²) >= 11 is 0. The van der Waals surface area contributed by atoms with Crippen molar-refractivity contribution in [2.75, 3.05) is 0 Å². The number of nitrogens with one attached hydrogen (secondary N) is 1. The minimum atomic E-state index is -0.672. The zero-order chi connectivity index (χ0) is 8.85. The van der Waals surface area contributed by atoms with E-state index in [1.54, 1.807) is 0 Å². The van der Waals surface area contributed by atoms with Crippen LogP contribution in [0.5, 0.6) is 0 Å². The first-order valence-electron chi connectivity index (χ1n) is 3.56. The van der Waals surface area contributed by atoms with Crippen molar-refractivity contribution in [1.29, 1.82) is 0 Å². The molecular formula is C8H13NO2. The first kappa shape index (κ1) is 10.1. The maximum Gasteiger partial charge on any atom is 0.220 e. The highest BCUT2D eigenvalue weighted by molar-refractivity contribution is 5.79. The second-order valence-corrected chi connectivity index (χ2v) is 2.73. The van der Waals surface area contributed by atoms with Gasteiger partial charge in [-0.3, -0.25) is 4.79 Å². The summed E-state index contributed by atoms with van der Waals surface area (Å²) in [7, 11) is 0. The van der Waals surface area contributed by atoms with E-state index in [9.17, 15) is 9.59 Å². The predicted molar refractivity (Wildman–Crippen MR) is 41.7 cm³/mol. The van der Waals surface area contributed by atoms with Crippen LogP contribution in [0.4, 0.5) is 0 Å². The van der Waals surface area contributed by atoms with Gasteiger partial charge >= 0.3 is 0 Å². The quantitative estimate of drug-likeness (QED) is 0.598. The minimum absolute atomic E-state index is 0.0711. The van der Waals surface area contributed by atoms with Gasteiger partial charge in [0.1, 0.15) is 6.29 Å². The van der Waals surface area contributed by atoms with Crippen molar-refractivity contribution in [2.24, 2.45) is 5.92 Å². The number of hydrogen-bond acceptors (Lipinski definition) is 2. The second kappa shape index (κ2) is 4.88. The summed E-state index contributed by atoms with van der Waals surface area (Å²) in [5.41, 5.74) is 0. The Hall–Kier alpha value is -0.860. The smallest absolute Gasteiger partial charge is 0.220 e. The maximum absolute atomic E-state index is 10.9. The third-order valence-corrected chi connectivity index (χ3v) is 1.05. The van der Waals surface area contributed by atoms with E-state index in [0.29, 0.717) is 6.29 Å². The van der Waals surface area contributed by atoms with E-state index in [1.165, 1.54) is 0 Å². The summed E-state index contributed by atoms with van der Waals surface area (Å²) in [6.45, 7) is 8.92. The molecule has 0 saturated heterocycles. The fraction of sp³-hybridized carbons (Fsp3) is 0.625. The molecular weight excluding hydrogens is 142 g/mol. The van der Waals surface area contributed by atoms with Crippen LogP contribution < -0.4 is 5.32 Å². The molecule has 0 aromatic heterocycles. The molecule has 0 spiro atoms. The molecule has 1 N–H and O–H groups in total. The summed E-state index contributed by atoms with van der Waals surface area (Å²) in [6, 6.07) is 0.0985. The standard InChI is InChI=1S/C8H13NO2/c1-6(2)9-8(11)4-7(3)5-10/h3,5-7H,4H2,1-2H3,(H,9,11)/t7-/m0/s1. The SMILES string of the molecule is [CH][C@H](C=O)CC(=O)NC(C)C. The summed E-state index contributed by atoms with van der Waals surface area (Å²) < 4.78 is 0. The van der Waals surface area contributed by atoms with Gasteiger partial charge in [-0.1, -0.05) is 0 Å². The van der Waals surface area contributed by atoms with E-state index in [-0.39, 0.29) is 18.4 Å². The molecule has 0 aliphatic rings. The molecule has 0 fully saturated rings. The average Bonchev–Trinajstić information content (AvgIpc) is 1.85. The Morgan fingerprint density at radius 1 is 1.64 bits per heavy atom. The zero-order valence-corrected chi connectivity index (χ0v) is 6.83. The van der Waals surface area contributed by atoms with Crippen molar-refractivity contribution in [1.82, 2.24) is 5.32 Å². The van der Waals surface area contributed by atoms with Crippen molar-refractivity contribution in [3.8, 4) is 0 Å². The summed E-state index contributed by atoms with van der Waals surface area (Å²) in [5, 5.41) is 2.63. The molecule has 0 aromatic rings. The molecule has 0 rings (SSSR count). The highest BCUT2D eigenvalue weighted by Gasteiger charge is 2.08. The Balaban J connectivity index is 3.60. The van der Waals surface area contributed by atoms with Crippen LogP contribution in [-0.2, 0) is 9.59 Å². The van der Waals surface area contributed by atoms with Crippen molar-refractivity contribution in [3.63, 3.8) is 0 Å². The van der Waals surface area contributed by atoms with Gasteiger partial charge in [0, 0.05) is 18.4 Å². The van der Waals surface area contributed by atoms with Gasteiger partial charge in [0.15, 0.2) is 0 Å². The lowest BCUT2D eigenvalue weighted by molar-refractivity contribution is -0.124. The molecule has 0 saturated carbocycles. The molecule has 0 aliphatic heterocycles. The lowest BCUT2D eigenvalue weighted by Crippen LogP contribution is -2.31. The molecule has 1 amide bonds. The van der Waals surface area contributed by atoms with Crippen molar-refractivity contribution in [3.05, 3.63) is 6.92 Å². The highest BCUT2D eigenvalue weighted by Crippen LogP contribution is 1.96. The largest absolute Gasteiger partial charge is 0.354 e. The van der Waals surface area contributed by atoms with E-state index in [1.807, 2.05) is 13.8 Å². The summed E-state index contributed by atoms with van der Waals surface area (Å²) in [4.78, 5) is 20.9. The molecule has 0 heterocycles. The van der Waals surface area contributed by atoms with Crippen LogP contribution in [0.2, 0.25) is 0 Å². The van der Waals surface area contributed by atoms with Crippen LogP contribution in [0.3, 0.4) is 0 Å². The van der Waals surface area contributed by atoms with Crippen LogP contribution in [-0.4, -0.2) is 18.2 Å². The van der Waals surface area contributed by atoms with Gasteiger partial charge in [0.25, 0.3) is 0 Å². The molecule has 62 valence electrons.